The summed E-state index contributed by atoms with van der Waals surface area (Å²) in [6.45, 7) is 10.5. The zero-order valence-corrected chi connectivity index (χ0v) is 20.3. The van der Waals surface area contributed by atoms with Crippen LogP contribution in [0, 0.1) is 13.8 Å². The van der Waals surface area contributed by atoms with Crippen molar-refractivity contribution in [3.63, 3.8) is 0 Å². The molecule has 0 atom stereocenters. The molecule has 0 unspecified atom stereocenters. The molecule has 1 aromatic heterocycles. The van der Waals surface area contributed by atoms with Gasteiger partial charge in [-0.15, -0.1) is 11.3 Å². The summed E-state index contributed by atoms with van der Waals surface area (Å²) in [5.74, 6) is -0.0420. The third-order valence-electron chi connectivity index (χ3n) is 5.48. The Balaban J connectivity index is 1.78. The Hall–Kier alpha value is -2.92. The first kappa shape index (κ1) is 23.7. The quantitative estimate of drug-likeness (QED) is 0.380. The Morgan fingerprint density at radius 2 is 1.75 bits per heavy atom. The summed E-state index contributed by atoms with van der Waals surface area (Å²) in [4.78, 5) is 25.5. The Kier molecular flexibility index (Phi) is 7.86. The number of esters is 1. The van der Waals surface area contributed by atoms with E-state index < -0.39 is 5.97 Å². The van der Waals surface area contributed by atoms with Crippen LogP contribution >= 0.6 is 11.3 Å². The fourth-order valence-corrected chi connectivity index (χ4v) is 4.65. The fourth-order valence-electron chi connectivity index (χ4n) is 3.69. The molecule has 0 fully saturated rings. The van der Waals surface area contributed by atoms with Gasteiger partial charge in [0.15, 0.2) is 0 Å². The molecule has 0 radical (unpaired) electrons. The van der Waals surface area contributed by atoms with Crippen molar-refractivity contribution in [2.75, 3.05) is 11.9 Å². The Bertz CT molecular complexity index is 1100. The standard InChI is InChI=1S/C27H31NO3S/c1-6-31-27(30)25-23(22-13-7-18(4)15-19(22)5)16-32-26(25)28-24(29)14-10-20-8-11-21(12-9-20)17(2)3/h7-9,11-13,15-17H,6,10,14H2,1-5H3,(H,28,29). The number of ether oxygens (including phenoxy) is 1. The van der Waals surface area contributed by atoms with Gasteiger partial charge in [0.1, 0.15) is 10.6 Å². The van der Waals surface area contributed by atoms with E-state index in [0.717, 1.165) is 27.8 Å². The highest BCUT2D eigenvalue weighted by molar-refractivity contribution is 7.15. The minimum atomic E-state index is -0.414. The average Bonchev–Trinajstić information content (AvgIpc) is 3.16. The van der Waals surface area contributed by atoms with Gasteiger partial charge in [0.2, 0.25) is 5.91 Å². The summed E-state index contributed by atoms with van der Waals surface area (Å²) in [5.41, 5.74) is 6.85. The molecule has 1 heterocycles. The predicted octanol–water partition coefficient (Wildman–Crippen LogP) is 6.90. The molecule has 168 valence electrons. The Morgan fingerprint density at radius 1 is 1.03 bits per heavy atom. The van der Waals surface area contributed by atoms with E-state index in [-0.39, 0.29) is 12.5 Å². The lowest BCUT2D eigenvalue weighted by Gasteiger charge is -2.11. The van der Waals surface area contributed by atoms with Crippen LogP contribution < -0.4 is 5.32 Å². The highest BCUT2D eigenvalue weighted by atomic mass is 32.1. The molecule has 2 aromatic carbocycles. The number of rotatable bonds is 8. The third-order valence-corrected chi connectivity index (χ3v) is 6.38. The number of hydrogen-bond donors (Lipinski definition) is 1. The van der Waals surface area contributed by atoms with Crippen molar-refractivity contribution >= 4 is 28.2 Å². The number of anilines is 1. The first-order chi connectivity index (χ1) is 15.3. The number of nitrogens with one attached hydrogen (secondary N) is 1. The van der Waals surface area contributed by atoms with Gasteiger partial charge in [-0.25, -0.2) is 4.79 Å². The maximum Gasteiger partial charge on any atom is 0.341 e. The molecule has 0 spiro atoms. The summed E-state index contributed by atoms with van der Waals surface area (Å²) >= 11 is 1.36. The summed E-state index contributed by atoms with van der Waals surface area (Å²) in [5, 5.41) is 5.41. The molecule has 0 aliphatic carbocycles. The van der Waals surface area contributed by atoms with E-state index in [2.05, 4.69) is 49.5 Å². The van der Waals surface area contributed by atoms with Gasteiger partial charge in [0.25, 0.3) is 0 Å². The molecule has 5 heteroatoms. The number of carbonyl (C=O) groups excluding carboxylic acids is 2. The number of thiophene rings is 1. The Morgan fingerprint density at radius 3 is 2.38 bits per heavy atom. The maximum absolute atomic E-state index is 12.8. The molecular weight excluding hydrogens is 418 g/mol. The molecule has 3 aromatic rings. The molecule has 32 heavy (non-hydrogen) atoms. The summed E-state index contributed by atoms with van der Waals surface area (Å²) in [6, 6.07) is 14.5. The van der Waals surface area contributed by atoms with Crippen LogP contribution in [0.2, 0.25) is 0 Å². The third kappa shape index (κ3) is 5.65. The SMILES string of the molecule is CCOC(=O)c1c(-c2ccc(C)cc2C)csc1NC(=O)CCc1ccc(C(C)C)cc1. The number of amides is 1. The van der Waals surface area contributed by atoms with Crippen molar-refractivity contribution in [2.24, 2.45) is 0 Å². The minimum Gasteiger partial charge on any atom is -0.462 e. The van der Waals surface area contributed by atoms with Gasteiger partial charge in [-0.2, -0.15) is 0 Å². The van der Waals surface area contributed by atoms with Crippen molar-refractivity contribution in [3.05, 3.63) is 75.7 Å². The monoisotopic (exact) mass is 449 g/mol. The van der Waals surface area contributed by atoms with Gasteiger partial charge in [-0.1, -0.05) is 61.9 Å². The van der Waals surface area contributed by atoms with Gasteiger partial charge >= 0.3 is 5.97 Å². The van der Waals surface area contributed by atoms with Crippen molar-refractivity contribution in [2.45, 2.75) is 53.4 Å². The summed E-state index contributed by atoms with van der Waals surface area (Å²) in [6.07, 6.45) is 0.994. The number of carbonyl (C=O) groups is 2. The van der Waals surface area contributed by atoms with Gasteiger partial charge in [0.05, 0.1) is 6.61 Å². The highest BCUT2D eigenvalue weighted by Crippen LogP contribution is 2.38. The van der Waals surface area contributed by atoms with E-state index in [4.69, 9.17) is 4.74 Å². The van der Waals surface area contributed by atoms with Gasteiger partial charge in [-0.3, -0.25) is 4.79 Å². The van der Waals surface area contributed by atoms with Crippen LogP contribution in [0.5, 0.6) is 0 Å². The number of aryl methyl sites for hydroxylation is 3. The van der Waals surface area contributed by atoms with Crippen LogP contribution in [0.1, 0.15) is 65.7 Å². The lowest BCUT2D eigenvalue weighted by molar-refractivity contribution is -0.116. The van der Waals surface area contributed by atoms with Gasteiger partial charge in [0, 0.05) is 17.4 Å². The van der Waals surface area contributed by atoms with E-state index in [1.807, 2.05) is 31.4 Å². The molecule has 0 aliphatic heterocycles. The van der Waals surface area contributed by atoms with E-state index in [9.17, 15) is 9.59 Å². The van der Waals surface area contributed by atoms with Gasteiger partial charge < -0.3 is 10.1 Å². The van der Waals surface area contributed by atoms with Crippen molar-refractivity contribution < 1.29 is 14.3 Å². The predicted molar refractivity (Wildman–Crippen MR) is 133 cm³/mol. The van der Waals surface area contributed by atoms with Crippen LogP contribution in [0.3, 0.4) is 0 Å². The largest absolute Gasteiger partial charge is 0.462 e. The molecule has 4 nitrogen and oxygen atoms in total. The van der Waals surface area contributed by atoms with Gasteiger partial charge in [-0.05, 0) is 55.4 Å². The zero-order chi connectivity index (χ0) is 23.3. The molecule has 1 N–H and O–H groups in total. The lowest BCUT2D eigenvalue weighted by Crippen LogP contribution is -2.15. The fraction of sp³-hybridized carbons (Fsp3) is 0.333. The topological polar surface area (TPSA) is 55.4 Å². The minimum absolute atomic E-state index is 0.113. The van der Waals surface area contributed by atoms with Crippen LogP contribution in [0.15, 0.2) is 47.8 Å². The van der Waals surface area contributed by atoms with Crippen molar-refractivity contribution in [1.29, 1.82) is 0 Å². The van der Waals surface area contributed by atoms with Crippen molar-refractivity contribution in [1.82, 2.24) is 0 Å². The van der Waals surface area contributed by atoms with E-state index in [0.29, 0.717) is 29.3 Å². The first-order valence-electron chi connectivity index (χ1n) is 11.0. The molecule has 1 amide bonds. The molecule has 0 aliphatic rings. The second kappa shape index (κ2) is 10.6. The van der Waals surface area contributed by atoms with Crippen LogP contribution in [0.25, 0.3) is 11.1 Å². The summed E-state index contributed by atoms with van der Waals surface area (Å²) in [7, 11) is 0. The van der Waals surface area contributed by atoms with Crippen LogP contribution in [0.4, 0.5) is 5.00 Å². The smallest absolute Gasteiger partial charge is 0.341 e. The molecular formula is C27H31NO3S. The second-order valence-corrected chi connectivity index (χ2v) is 9.22. The van der Waals surface area contributed by atoms with E-state index in [1.165, 1.54) is 16.9 Å². The van der Waals surface area contributed by atoms with E-state index >= 15 is 0 Å². The average molecular weight is 450 g/mol. The second-order valence-electron chi connectivity index (χ2n) is 8.34. The molecule has 3 rings (SSSR count). The first-order valence-corrected chi connectivity index (χ1v) is 11.9. The Labute approximate surface area is 194 Å². The number of hydrogen-bond acceptors (Lipinski definition) is 4. The van der Waals surface area contributed by atoms with Crippen LogP contribution in [-0.2, 0) is 16.0 Å². The maximum atomic E-state index is 12.8. The summed E-state index contributed by atoms with van der Waals surface area (Å²) < 4.78 is 5.31. The number of benzene rings is 2. The molecule has 0 saturated heterocycles. The molecule has 0 saturated carbocycles. The van der Waals surface area contributed by atoms with Crippen LogP contribution in [-0.4, -0.2) is 18.5 Å². The van der Waals surface area contributed by atoms with Crippen molar-refractivity contribution in [3.8, 4) is 11.1 Å². The lowest BCUT2D eigenvalue weighted by atomic mass is 9.97. The van der Waals surface area contributed by atoms with E-state index in [1.54, 1.807) is 6.92 Å². The zero-order valence-electron chi connectivity index (χ0n) is 19.5. The normalized spacial score (nSPS) is 10.9. The molecule has 0 bridgehead atoms. The highest BCUT2D eigenvalue weighted by Gasteiger charge is 2.23.